The Labute approximate surface area is 135 Å². The summed E-state index contributed by atoms with van der Waals surface area (Å²) in [7, 11) is 2.92. The number of aromatic carboxylic acids is 1. The van der Waals surface area contributed by atoms with Crippen molar-refractivity contribution >= 4 is 34.5 Å². The second-order valence-electron chi connectivity index (χ2n) is 4.34. The molecule has 2 N–H and O–H groups in total. The molecule has 0 aliphatic rings. The lowest BCUT2D eigenvalue weighted by molar-refractivity contribution is 0.0698. The van der Waals surface area contributed by atoms with Crippen molar-refractivity contribution in [2.24, 2.45) is 0 Å². The maximum Gasteiger partial charge on any atom is 0.338 e. The second kappa shape index (κ2) is 6.93. The number of thiophene rings is 1. The SMILES string of the molecule is COc1ccc(C(=O)Nc2sc(C=O)cc2C(=O)O)cc1OC. The van der Waals surface area contributed by atoms with E-state index in [1.54, 1.807) is 6.07 Å². The van der Waals surface area contributed by atoms with Gasteiger partial charge in [0.25, 0.3) is 5.91 Å². The largest absolute Gasteiger partial charge is 0.493 e. The van der Waals surface area contributed by atoms with Crippen LogP contribution in [0, 0.1) is 0 Å². The van der Waals surface area contributed by atoms with Crippen LogP contribution in [0.3, 0.4) is 0 Å². The topological polar surface area (TPSA) is 102 Å². The van der Waals surface area contributed by atoms with Gasteiger partial charge in [0.05, 0.1) is 24.7 Å². The molecule has 0 unspecified atom stereocenters. The Kier molecular flexibility index (Phi) is 4.97. The van der Waals surface area contributed by atoms with Gasteiger partial charge < -0.3 is 19.9 Å². The summed E-state index contributed by atoms with van der Waals surface area (Å²) in [5.74, 6) is -0.905. The van der Waals surface area contributed by atoms with Gasteiger partial charge >= 0.3 is 5.97 Å². The molecule has 0 bridgehead atoms. The first kappa shape index (κ1) is 16.5. The highest BCUT2D eigenvalue weighted by Gasteiger charge is 2.18. The van der Waals surface area contributed by atoms with Crippen LogP contribution in [-0.4, -0.2) is 37.5 Å². The van der Waals surface area contributed by atoms with Crippen LogP contribution in [0.1, 0.15) is 30.4 Å². The first-order valence-corrected chi connectivity index (χ1v) is 7.17. The number of amides is 1. The standard InChI is InChI=1S/C15H13NO6S/c1-21-11-4-3-8(5-12(11)22-2)13(18)16-14-10(15(19)20)6-9(7-17)23-14/h3-7H,1-2H3,(H,16,18)(H,19,20). The van der Waals surface area contributed by atoms with E-state index in [0.717, 1.165) is 11.3 Å². The van der Waals surface area contributed by atoms with Gasteiger partial charge in [0.2, 0.25) is 0 Å². The number of ether oxygens (including phenoxy) is 2. The number of carbonyl (C=O) groups is 3. The number of carboxylic acids is 1. The van der Waals surface area contributed by atoms with Crippen LogP contribution in [0.15, 0.2) is 24.3 Å². The summed E-state index contributed by atoms with van der Waals surface area (Å²) < 4.78 is 10.2. The van der Waals surface area contributed by atoms with Crippen molar-refractivity contribution in [3.8, 4) is 11.5 Å². The van der Waals surface area contributed by atoms with E-state index in [2.05, 4.69) is 5.32 Å². The Morgan fingerprint density at radius 1 is 1.17 bits per heavy atom. The molecule has 0 fully saturated rings. The Balaban J connectivity index is 2.30. The van der Waals surface area contributed by atoms with Crippen molar-refractivity contribution in [3.63, 3.8) is 0 Å². The van der Waals surface area contributed by atoms with Gasteiger partial charge in [0.15, 0.2) is 17.8 Å². The van der Waals surface area contributed by atoms with Crippen LogP contribution >= 0.6 is 11.3 Å². The van der Waals surface area contributed by atoms with E-state index in [-0.39, 0.29) is 21.0 Å². The highest BCUT2D eigenvalue weighted by atomic mass is 32.1. The summed E-state index contributed by atoms with van der Waals surface area (Å²) in [4.78, 5) is 34.4. The number of anilines is 1. The molecule has 2 aromatic rings. The molecule has 1 heterocycles. The van der Waals surface area contributed by atoms with E-state index in [1.807, 2.05) is 0 Å². The zero-order valence-electron chi connectivity index (χ0n) is 12.3. The third-order valence-corrected chi connectivity index (χ3v) is 3.95. The minimum absolute atomic E-state index is 0.0967. The average molecular weight is 335 g/mol. The lowest BCUT2D eigenvalue weighted by Crippen LogP contribution is -2.13. The summed E-state index contributed by atoms with van der Waals surface area (Å²) in [6, 6.07) is 5.77. The van der Waals surface area contributed by atoms with Gasteiger partial charge in [-0.05, 0) is 24.3 Å². The number of hydrogen-bond acceptors (Lipinski definition) is 6. The van der Waals surface area contributed by atoms with E-state index in [1.165, 1.54) is 32.4 Å². The van der Waals surface area contributed by atoms with Gasteiger partial charge in [-0.25, -0.2) is 4.79 Å². The molecule has 0 atom stereocenters. The molecule has 0 saturated heterocycles. The number of aldehydes is 1. The second-order valence-corrected chi connectivity index (χ2v) is 5.42. The quantitative estimate of drug-likeness (QED) is 0.787. The first-order chi connectivity index (χ1) is 11.0. The highest BCUT2D eigenvalue weighted by Crippen LogP contribution is 2.30. The molecule has 1 aromatic heterocycles. The zero-order chi connectivity index (χ0) is 17.0. The predicted molar refractivity (Wildman–Crippen MR) is 84.2 cm³/mol. The fourth-order valence-corrected chi connectivity index (χ4v) is 2.73. The third-order valence-electron chi connectivity index (χ3n) is 2.97. The Morgan fingerprint density at radius 3 is 2.43 bits per heavy atom. The molecule has 120 valence electrons. The van der Waals surface area contributed by atoms with Crippen LogP contribution in [0.5, 0.6) is 11.5 Å². The van der Waals surface area contributed by atoms with Gasteiger partial charge in [-0.1, -0.05) is 0 Å². The Morgan fingerprint density at radius 2 is 1.87 bits per heavy atom. The van der Waals surface area contributed by atoms with Crippen LogP contribution in [0.2, 0.25) is 0 Å². The monoisotopic (exact) mass is 335 g/mol. The van der Waals surface area contributed by atoms with Crippen molar-refractivity contribution in [1.29, 1.82) is 0 Å². The Bertz CT molecular complexity index is 767. The molecule has 1 amide bonds. The number of hydrogen-bond donors (Lipinski definition) is 2. The van der Waals surface area contributed by atoms with Crippen LogP contribution in [0.25, 0.3) is 0 Å². The minimum Gasteiger partial charge on any atom is -0.493 e. The van der Waals surface area contributed by atoms with Crippen LogP contribution in [0.4, 0.5) is 5.00 Å². The highest BCUT2D eigenvalue weighted by molar-refractivity contribution is 7.18. The normalized spacial score (nSPS) is 10.0. The van der Waals surface area contributed by atoms with Crippen molar-refractivity contribution in [3.05, 3.63) is 40.3 Å². The lowest BCUT2D eigenvalue weighted by Gasteiger charge is -2.09. The summed E-state index contributed by atoms with van der Waals surface area (Å²) in [5, 5.41) is 11.7. The number of carbonyl (C=O) groups excluding carboxylic acids is 2. The maximum absolute atomic E-state index is 12.3. The van der Waals surface area contributed by atoms with Gasteiger partial charge in [-0.3, -0.25) is 9.59 Å². The Hall–Kier alpha value is -2.87. The predicted octanol–water partition coefficient (Wildman–Crippen LogP) is 2.53. The molecule has 2 rings (SSSR count). The molecule has 8 heteroatoms. The smallest absolute Gasteiger partial charge is 0.338 e. The van der Waals surface area contributed by atoms with E-state index in [0.29, 0.717) is 17.8 Å². The molecular formula is C15H13NO6S. The molecular weight excluding hydrogens is 322 g/mol. The zero-order valence-corrected chi connectivity index (χ0v) is 13.1. The fourth-order valence-electron chi connectivity index (χ4n) is 1.87. The van der Waals surface area contributed by atoms with Gasteiger partial charge in [0.1, 0.15) is 5.00 Å². The van der Waals surface area contributed by atoms with Crippen molar-refractivity contribution < 1.29 is 29.0 Å². The lowest BCUT2D eigenvalue weighted by atomic mass is 10.2. The van der Waals surface area contributed by atoms with E-state index in [4.69, 9.17) is 14.6 Å². The van der Waals surface area contributed by atoms with Gasteiger partial charge in [0, 0.05) is 5.56 Å². The van der Waals surface area contributed by atoms with E-state index < -0.39 is 11.9 Å². The first-order valence-electron chi connectivity index (χ1n) is 6.35. The molecule has 7 nitrogen and oxygen atoms in total. The average Bonchev–Trinajstić information content (AvgIpc) is 2.97. The molecule has 1 aromatic carbocycles. The number of benzene rings is 1. The molecule has 0 aliphatic carbocycles. The number of carboxylic acid groups (broad SMARTS) is 1. The summed E-state index contributed by atoms with van der Waals surface area (Å²) in [5.41, 5.74) is 0.131. The van der Waals surface area contributed by atoms with E-state index >= 15 is 0 Å². The molecule has 0 radical (unpaired) electrons. The summed E-state index contributed by atoms with van der Waals surface area (Å²) >= 11 is 0.892. The van der Waals surface area contributed by atoms with Crippen LogP contribution < -0.4 is 14.8 Å². The maximum atomic E-state index is 12.3. The van der Waals surface area contributed by atoms with Crippen LogP contribution in [-0.2, 0) is 0 Å². The minimum atomic E-state index is -1.23. The molecule has 23 heavy (non-hydrogen) atoms. The van der Waals surface area contributed by atoms with E-state index in [9.17, 15) is 14.4 Å². The van der Waals surface area contributed by atoms with Gasteiger partial charge in [-0.15, -0.1) is 11.3 Å². The number of nitrogens with one attached hydrogen (secondary N) is 1. The van der Waals surface area contributed by atoms with Gasteiger partial charge in [-0.2, -0.15) is 0 Å². The summed E-state index contributed by atoms with van der Waals surface area (Å²) in [6.07, 6.45) is 0.531. The summed E-state index contributed by atoms with van der Waals surface area (Å²) in [6.45, 7) is 0. The van der Waals surface area contributed by atoms with Crippen molar-refractivity contribution in [1.82, 2.24) is 0 Å². The molecule has 0 saturated carbocycles. The van der Waals surface area contributed by atoms with Crippen molar-refractivity contribution in [2.75, 3.05) is 19.5 Å². The number of methoxy groups -OCH3 is 2. The molecule has 0 spiro atoms. The molecule has 0 aliphatic heterocycles. The van der Waals surface area contributed by atoms with Crippen molar-refractivity contribution in [2.45, 2.75) is 0 Å². The third kappa shape index (κ3) is 3.49. The fraction of sp³-hybridized carbons (Fsp3) is 0.133. The number of rotatable bonds is 6.